The van der Waals surface area contributed by atoms with Gasteiger partial charge in [-0.2, -0.15) is 5.26 Å². The van der Waals surface area contributed by atoms with Crippen LogP contribution in [0, 0.1) is 17.2 Å². The Bertz CT molecular complexity index is 979. The molecule has 3 aliphatic rings. The van der Waals surface area contributed by atoms with E-state index in [1.807, 2.05) is 24.3 Å². The van der Waals surface area contributed by atoms with Gasteiger partial charge in [-0.1, -0.05) is 72.8 Å². The van der Waals surface area contributed by atoms with Crippen molar-refractivity contribution < 1.29 is 4.74 Å². The number of hydrogen-bond donors (Lipinski definition) is 0. The summed E-state index contributed by atoms with van der Waals surface area (Å²) < 4.78 is 6.69. The molecule has 31 heavy (non-hydrogen) atoms. The van der Waals surface area contributed by atoms with Crippen LogP contribution in [0.25, 0.3) is 0 Å². The molecule has 0 aromatic heterocycles. The fraction of sp³-hybridized carbons (Fsp3) is 0.321. The van der Waals surface area contributed by atoms with Crippen LogP contribution in [0.1, 0.15) is 41.0 Å². The zero-order valence-electron chi connectivity index (χ0n) is 17.7. The summed E-state index contributed by atoms with van der Waals surface area (Å²) in [5.41, 5.74) is 4.54. The molecule has 3 saturated heterocycles. The molecule has 3 nitrogen and oxygen atoms in total. The number of nitrogens with zero attached hydrogens (tertiary/aromatic N) is 2. The molecule has 2 atom stereocenters. The Kier molecular flexibility index (Phi) is 5.84. The molecule has 0 radical (unpaired) electrons. The third-order valence-electron chi connectivity index (χ3n) is 6.98. The van der Waals surface area contributed by atoms with E-state index in [0.717, 1.165) is 18.7 Å². The Morgan fingerprint density at radius 3 is 1.97 bits per heavy atom. The molecule has 6 rings (SSSR count). The van der Waals surface area contributed by atoms with Crippen molar-refractivity contribution in [1.82, 2.24) is 4.90 Å². The number of benzene rings is 3. The lowest BCUT2D eigenvalue weighted by Crippen LogP contribution is -2.60. The van der Waals surface area contributed by atoms with Crippen molar-refractivity contribution in [2.45, 2.75) is 37.5 Å². The first kappa shape index (κ1) is 20.0. The Labute approximate surface area is 184 Å². The Hall–Kier alpha value is -2.93. The molecule has 0 N–H and O–H groups in total. The number of hydrogen-bond acceptors (Lipinski definition) is 3. The summed E-state index contributed by atoms with van der Waals surface area (Å²) in [6, 6.07) is 32.1. The highest BCUT2D eigenvalue weighted by Crippen LogP contribution is 2.43. The minimum atomic E-state index is 0.198. The van der Waals surface area contributed by atoms with Crippen LogP contribution in [-0.4, -0.2) is 30.1 Å². The summed E-state index contributed by atoms with van der Waals surface area (Å²) >= 11 is 0. The smallest absolute Gasteiger partial charge is 0.0991 e. The number of nitriles is 1. The molecule has 3 fully saturated rings. The first-order valence-electron chi connectivity index (χ1n) is 11.3. The molecular weight excluding hydrogens is 380 g/mol. The molecule has 3 aromatic carbocycles. The second-order valence-corrected chi connectivity index (χ2v) is 8.75. The van der Waals surface area contributed by atoms with Gasteiger partial charge in [0.25, 0.3) is 0 Å². The largest absolute Gasteiger partial charge is 0.372 e. The first-order valence-corrected chi connectivity index (χ1v) is 11.3. The average Bonchev–Trinajstić information content (AvgIpc) is 2.86. The van der Waals surface area contributed by atoms with Crippen LogP contribution in [0.15, 0.2) is 84.9 Å². The number of piperidine rings is 3. The minimum Gasteiger partial charge on any atom is -0.372 e. The highest BCUT2D eigenvalue weighted by molar-refractivity contribution is 5.36. The van der Waals surface area contributed by atoms with Gasteiger partial charge in [0.05, 0.1) is 24.3 Å². The molecular formula is C28H28N2O. The summed E-state index contributed by atoms with van der Waals surface area (Å²) in [5.74, 6) is 0.889. The predicted molar refractivity (Wildman–Crippen MR) is 123 cm³/mol. The van der Waals surface area contributed by atoms with Crippen LogP contribution in [-0.2, 0) is 11.3 Å². The first-order chi connectivity index (χ1) is 15.3. The van der Waals surface area contributed by atoms with E-state index >= 15 is 0 Å². The SMILES string of the molecule is N#Cc1ccc(CO[C@@H]2C3CCN(CC3)[C@@H]2C(c2ccccc2)c2ccccc2)cc1. The third-order valence-corrected chi connectivity index (χ3v) is 6.98. The fourth-order valence-electron chi connectivity index (χ4n) is 5.44. The molecule has 0 unspecified atom stereocenters. The molecule has 3 aliphatic heterocycles. The van der Waals surface area contributed by atoms with E-state index in [2.05, 4.69) is 71.6 Å². The monoisotopic (exact) mass is 408 g/mol. The highest BCUT2D eigenvalue weighted by atomic mass is 16.5. The Balaban J connectivity index is 1.46. The summed E-state index contributed by atoms with van der Waals surface area (Å²) in [5, 5.41) is 9.06. The maximum absolute atomic E-state index is 9.06. The summed E-state index contributed by atoms with van der Waals surface area (Å²) in [7, 11) is 0. The maximum atomic E-state index is 9.06. The van der Waals surface area contributed by atoms with Crippen LogP contribution in [0.3, 0.4) is 0 Å². The quantitative estimate of drug-likeness (QED) is 0.550. The van der Waals surface area contributed by atoms with Crippen molar-refractivity contribution in [2.24, 2.45) is 5.92 Å². The van der Waals surface area contributed by atoms with Crippen LogP contribution in [0.2, 0.25) is 0 Å². The summed E-state index contributed by atoms with van der Waals surface area (Å²) in [6.07, 6.45) is 2.62. The lowest BCUT2D eigenvalue weighted by Gasteiger charge is -2.53. The lowest BCUT2D eigenvalue weighted by atomic mass is 9.72. The van der Waals surface area contributed by atoms with Crippen molar-refractivity contribution in [1.29, 1.82) is 5.26 Å². The minimum absolute atomic E-state index is 0.198. The van der Waals surface area contributed by atoms with E-state index in [1.165, 1.54) is 24.0 Å². The predicted octanol–water partition coefficient (Wildman–Crippen LogP) is 5.37. The van der Waals surface area contributed by atoms with E-state index in [1.54, 1.807) is 0 Å². The number of fused-ring (bicyclic) bond motifs is 3. The average molecular weight is 409 g/mol. The van der Waals surface area contributed by atoms with E-state index in [-0.39, 0.29) is 12.0 Å². The van der Waals surface area contributed by atoms with Gasteiger partial charge in [0, 0.05) is 12.0 Å². The van der Waals surface area contributed by atoms with Gasteiger partial charge in [-0.05, 0) is 60.7 Å². The molecule has 0 saturated carbocycles. The van der Waals surface area contributed by atoms with Crippen LogP contribution in [0.5, 0.6) is 0 Å². The molecule has 2 bridgehead atoms. The summed E-state index contributed by atoms with van der Waals surface area (Å²) in [6.45, 7) is 2.90. The highest BCUT2D eigenvalue weighted by Gasteiger charge is 2.47. The molecule has 0 aliphatic carbocycles. The standard InChI is InChI=1S/C28H28N2O/c29-19-21-11-13-22(14-12-21)20-31-28-25-15-17-30(18-16-25)27(28)26(23-7-3-1-4-8-23)24-9-5-2-6-10-24/h1-14,25-28H,15-18,20H2/t27-,28-/m1/s1. The second kappa shape index (κ2) is 9.06. The van der Waals surface area contributed by atoms with Crippen molar-refractivity contribution in [3.63, 3.8) is 0 Å². The molecule has 156 valence electrons. The van der Waals surface area contributed by atoms with Crippen LogP contribution < -0.4 is 0 Å². The topological polar surface area (TPSA) is 36.3 Å². The van der Waals surface area contributed by atoms with Crippen molar-refractivity contribution in [3.05, 3.63) is 107 Å². The van der Waals surface area contributed by atoms with Gasteiger partial charge in [0.2, 0.25) is 0 Å². The van der Waals surface area contributed by atoms with Gasteiger partial charge in [0.1, 0.15) is 0 Å². The van der Waals surface area contributed by atoms with E-state index in [9.17, 15) is 0 Å². The fourth-order valence-corrected chi connectivity index (χ4v) is 5.44. The van der Waals surface area contributed by atoms with Gasteiger partial charge in [0.15, 0.2) is 0 Å². The van der Waals surface area contributed by atoms with E-state index < -0.39 is 0 Å². The van der Waals surface area contributed by atoms with Crippen LogP contribution >= 0.6 is 0 Å². The summed E-state index contributed by atoms with van der Waals surface area (Å²) in [4.78, 5) is 2.66. The maximum Gasteiger partial charge on any atom is 0.0991 e. The molecule has 3 heterocycles. The van der Waals surface area contributed by atoms with Gasteiger partial charge in [-0.25, -0.2) is 0 Å². The Morgan fingerprint density at radius 1 is 0.839 bits per heavy atom. The van der Waals surface area contributed by atoms with Crippen molar-refractivity contribution >= 4 is 0 Å². The van der Waals surface area contributed by atoms with Gasteiger partial charge in [-0.3, -0.25) is 4.90 Å². The number of rotatable bonds is 6. The molecule has 0 spiro atoms. The number of ether oxygens (including phenoxy) is 1. The molecule has 3 aromatic rings. The lowest BCUT2D eigenvalue weighted by molar-refractivity contribution is -0.120. The van der Waals surface area contributed by atoms with Crippen molar-refractivity contribution in [2.75, 3.05) is 13.1 Å². The zero-order chi connectivity index (χ0) is 21.0. The van der Waals surface area contributed by atoms with Crippen LogP contribution in [0.4, 0.5) is 0 Å². The van der Waals surface area contributed by atoms with E-state index in [4.69, 9.17) is 10.00 Å². The van der Waals surface area contributed by atoms with Gasteiger partial charge < -0.3 is 4.74 Å². The van der Waals surface area contributed by atoms with Crippen molar-refractivity contribution in [3.8, 4) is 6.07 Å². The van der Waals surface area contributed by atoms with Gasteiger partial charge in [-0.15, -0.1) is 0 Å². The normalized spacial score (nSPS) is 24.8. The third kappa shape index (κ3) is 4.14. The zero-order valence-corrected chi connectivity index (χ0v) is 17.7. The molecule has 3 heteroatoms. The Morgan fingerprint density at radius 2 is 1.42 bits per heavy atom. The van der Waals surface area contributed by atoms with Gasteiger partial charge >= 0.3 is 0 Å². The molecule has 0 amide bonds. The second-order valence-electron chi connectivity index (χ2n) is 8.75. The van der Waals surface area contributed by atoms with E-state index in [0.29, 0.717) is 24.1 Å².